The van der Waals surface area contributed by atoms with Crippen LogP contribution in [0.2, 0.25) is 0 Å². The van der Waals surface area contributed by atoms with E-state index in [-0.39, 0.29) is 11.3 Å². The number of rotatable bonds is 10. The van der Waals surface area contributed by atoms with Crippen LogP contribution in [0.5, 0.6) is 5.75 Å². The van der Waals surface area contributed by atoms with Crippen molar-refractivity contribution in [3.8, 4) is 5.75 Å². The average Bonchev–Trinajstić information content (AvgIpc) is 2.65. The first kappa shape index (κ1) is 20.6. The van der Waals surface area contributed by atoms with Crippen molar-refractivity contribution in [2.75, 3.05) is 7.11 Å². The molecule has 0 amide bonds. The highest BCUT2D eigenvalue weighted by Crippen LogP contribution is 2.20. The zero-order valence-corrected chi connectivity index (χ0v) is 15.9. The molecule has 0 bridgehead atoms. The molecular weight excluding hydrogens is 350 g/mol. The minimum atomic E-state index is -1.15. The molecule has 27 heavy (non-hydrogen) atoms. The highest BCUT2D eigenvalue weighted by molar-refractivity contribution is 6.45. The molecule has 146 valence electrons. The Bertz CT molecular complexity index is 868. The number of carbonyl (C=O) groups is 1. The summed E-state index contributed by atoms with van der Waals surface area (Å²) in [5.41, 5.74) is -0.445. The molecule has 0 aliphatic carbocycles. The molecule has 2 rings (SSSR count). The third-order valence-electron chi connectivity index (χ3n) is 4.03. The first-order valence-corrected chi connectivity index (χ1v) is 9.03. The molecule has 0 aliphatic heterocycles. The number of unbranched alkanes of at least 4 members (excludes halogenated alkanes) is 3. The van der Waals surface area contributed by atoms with Gasteiger partial charge in [-0.05, 0) is 31.0 Å². The Morgan fingerprint density at radius 2 is 2.04 bits per heavy atom. The van der Waals surface area contributed by atoms with E-state index in [1.807, 2.05) is 0 Å². The Labute approximate surface area is 157 Å². The number of aliphatic hydroxyl groups is 1. The number of Topliss-reactive ketones (excluding diaryl/α,β-unsaturated/α-hetero) is 1. The van der Waals surface area contributed by atoms with Gasteiger partial charge in [0.15, 0.2) is 0 Å². The Morgan fingerprint density at radius 1 is 1.26 bits per heavy atom. The Morgan fingerprint density at radius 3 is 2.70 bits per heavy atom. The zero-order valence-electron chi connectivity index (χ0n) is 15.9. The van der Waals surface area contributed by atoms with Gasteiger partial charge in [0.2, 0.25) is 12.1 Å². The largest absolute Gasteiger partial charge is 0.497 e. The number of methoxy groups -OCH3 is 1. The minimum absolute atomic E-state index is 0.0900. The van der Waals surface area contributed by atoms with E-state index in [9.17, 15) is 14.7 Å². The second-order valence-electron chi connectivity index (χ2n) is 6.23. The van der Waals surface area contributed by atoms with Gasteiger partial charge in [0, 0.05) is 18.4 Å². The van der Waals surface area contributed by atoms with Crippen molar-refractivity contribution >= 4 is 22.5 Å². The molecule has 0 fully saturated rings. The van der Waals surface area contributed by atoms with E-state index in [0.717, 1.165) is 25.7 Å². The summed E-state index contributed by atoms with van der Waals surface area (Å²) in [7, 11) is 1.51. The quantitative estimate of drug-likeness (QED) is 0.170. The molecular formula is C20H25NO6. The second-order valence-corrected chi connectivity index (χ2v) is 6.23. The first-order chi connectivity index (χ1) is 13.0. The summed E-state index contributed by atoms with van der Waals surface area (Å²) in [5, 5.41) is 13.6. The van der Waals surface area contributed by atoms with Gasteiger partial charge in [-0.1, -0.05) is 31.3 Å². The fraction of sp³-hybridized carbons (Fsp3) is 0.450. The van der Waals surface area contributed by atoms with Gasteiger partial charge in [-0.25, -0.2) is 4.79 Å². The molecule has 1 unspecified atom stereocenters. The van der Waals surface area contributed by atoms with Gasteiger partial charge in [0.1, 0.15) is 22.6 Å². The highest BCUT2D eigenvalue weighted by Gasteiger charge is 2.20. The Balaban J connectivity index is 2.33. The lowest BCUT2D eigenvalue weighted by atomic mass is 10.0. The van der Waals surface area contributed by atoms with E-state index in [1.165, 1.54) is 20.1 Å². The predicted molar refractivity (Wildman–Crippen MR) is 102 cm³/mol. The molecule has 0 saturated carbocycles. The average molecular weight is 375 g/mol. The monoisotopic (exact) mass is 375 g/mol. The van der Waals surface area contributed by atoms with Crippen molar-refractivity contribution in [1.82, 2.24) is 0 Å². The summed E-state index contributed by atoms with van der Waals surface area (Å²) in [6.07, 6.45) is 2.97. The molecule has 1 heterocycles. The summed E-state index contributed by atoms with van der Waals surface area (Å²) in [6, 6.07) is 6.49. The summed E-state index contributed by atoms with van der Waals surface area (Å²) in [4.78, 5) is 30.0. The van der Waals surface area contributed by atoms with Crippen LogP contribution in [0.15, 0.2) is 38.6 Å². The second kappa shape index (κ2) is 9.87. The van der Waals surface area contributed by atoms with Crippen molar-refractivity contribution in [2.45, 2.75) is 52.2 Å². The number of benzene rings is 1. The van der Waals surface area contributed by atoms with Gasteiger partial charge in [-0.2, -0.15) is 0 Å². The number of oxime groups is 1. The van der Waals surface area contributed by atoms with Gasteiger partial charge < -0.3 is 19.1 Å². The fourth-order valence-electron chi connectivity index (χ4n) is 2.59. The molecule has 1 atom stereocenters. The van der Waals surface area contributed by atoms with Crippen molar-refractivity contribution in [2.24, 2.45) is 5.16 Å². The molecule has 0 aliphatic rings. The SMILES string of the molecule is CCCCCC/C(=N\OC(C)O)C(=O)c1cc2ccc(OC)cc2oc1=O. The molecule has 1 aromatic heterocycles. The van der Waals surface area contributed by atoms with E-state index in [0.29, 0.717) is 23.1 Å². The smallest absolute Gasteiger partial charge is 0.347 e. The Hall–Kier alpha value is -2.67. The lowest BCUT2D eigenvalue weighted by molar-refractivity contribution is -0.0838. The van der Waals surface area contributed by atoms with Crippen molar-refractivity contribution < 1.29 is 23.9 Å². The maximum absolute atomic E-state index is 12.8. The molecule has 7 heteroatoms. The summed E-state index contributed by atoms with van der Waals surface area (Å²) < 4.78 is 10.4. The lowest BCUT2D eigenvalue weighted by Gasteiger charge is -2.08. The molecule has 7 nitrogen and oxygen atoms in total. The third kappa shape index (κ3) is 5.65. The Kier molecular flexibility index (Phi) is 7.55. The van der Waals surface area contributed by atoms with Crippen LogP contribution in [0.1, 0.15) is 56.3 Å². The fourth-order valence-corrected chi connectivity index (χ4v) is 2.59. The van der Waals surface area contributed by atoms with Crippen LogP contribution in [-0.4, -0.2) is 30.0 Å². The number of nitrogens with zero attached hydrogens (tertiary/aromatic N) is 1. The van der Waals surface area contributed by atoms with E-state index in [4.69, 9.17) is 14.0 Å². The lowest BCUT2D eigenvalue weighted by Crippen LogP contribution is -2.23. The number of ether oxygens (including phenoxy) is 1. The molecule has 2 aromatic rings. The van der Waals surface area contributed by atoms with Crippen molar-refractivity contribution in [3.05, 3.63) is 40.2 Å². The van der Waals surface area contributed by atoms with Crippen LogP contribution in [-0.2, 0) is 4.84 Å². The third-order valence-corrected chi connectivity index (χ3v) is 4.03. The van der Waals surface area contributed by atoms with Crippen LogP contribution in [0.25, 0.3) is 11.0 Å². The van der Waals surface area contributed by atoms with Crippen LogP contribution < -0.4 is 10.4 Å². The van der Waals surface area contributed by atoms with Crippen molar-refractivity contribution in [1.29, 1.82) is 0 Å². The number of fused-ring (bicyclic) bond motifs is 1. The predicted octanol–water partition coefficient (Wildman–Crippen LogP) is 3.67. The maximum Gasteiger partial charge on any atom is 0.347 e. The summed E-state index contributed by atoms with van der Waals surface area (Å²) in [6.45, 7) is 3.48. The van der Waals surface area contributed by atoms with Crippen LogP contribution in [0, 0.1) is 0 Å². The number of aliphatic hydroxyl groups excluding tert-OH is 1. The van der Waals surface area contributed by atoms with Gasteiger partial charge in [-0.3, -0.25) is 4.79 Å². The van der Waals surface area contributed by atoms with E-state index in [1.54, 1.807) is 18.2 Å². The highest BCUT2D eigenvalue weighted by atomic mass is 16.7. The normalized spacial score (nSPS) is 12.8. The van der Waals surface area contributed by atoms with E-state index in [2.05, 4.69) is 12.1 Å². The number of hydrogen-bond donors (Lipinski definition) is 1. The van der Waals surface area contributed by atoms with Gasteiger partial charge in [0.25, 0.3) is 0 Å². The van der Waals surface area contributed by atoms with Gasteiger partial charge in [-0.15, -0.1) is 0 Å². The van der Waals surface area contributed by atoms with Gasteiger partial charge >= 0.3 is 5.63 Å². The molecule has 0 saturated heterocycles. The van der Waals surface area contributed by atoms with E-state index >= 15 is 0 Å². The molecule has 1 aromatic carbocycles. The van der Waals surface area contributed by atoms with Crippen LogP contribution >= 0.6 is 0 Å². The zero-order chi connectivity index (χ0) is 19.8. The molecule has 0 radical (unpaired) electrons. The van der Waals surface area contributed by atoms with Crippen LogP contribution in [0.3, 0.4) is 0 Å². The number of ketones is 1. The maximum atomic E-state index is 12.8. The first-order valence-electron chi connectivity index (χ1n) is 9.03. The molecule has 1 N–H and O–H groups in total. The van der Waals surface area contributed by atoms with Crippen LogP contribution in [0.4, 0.5) is 0 Å². The standard InChI is InChI=1S/C20H25NO6/c1-4-5-6-7-8-17(21-27-13(2)22)19(23)16-11-14-9-10-15(25-3)12-18(14)26-20(16)24/h9-13,22H,4-8H2,1-3H3/b21-17+. The summed E-state index contributed by atoms with van der Waals surface area (Å²) >= 11 is 0. The van der Waals surface area contributed by atoms with Crippen molar-refractivity contribution in [3.63, 3.8) is 0 Å². The van der Waals surface area contributed by atoms with Gasteiger partial charge in [0.05, 0.1) is 7.11 Å². The van der Waals surface area contributed by atoms with E-state index < -0.39 is 17.7 Å². The topological polar surface area (TPSA) is 98.3 Å². The summed E-state index contributed by atoms with van der Waals surface area (Å²) in [5.74, 6) is -0.00754. The minimum Gasteiger partial charge on any atom is -0.497 e. The molecule has 0 spiro atoms. The number of hydrogen-bond acceptors (Lipinski definition) is 7. The number of carbonyl (C=O) groups excluding carboxylic acids is 1.